The smallest absolute Gasteiger partial charge is 0.282 e. The van der Waals surface area contributed by atoms with Crippen molar-refractivity contribution in [2.45, 2.75) is 6.54 Å². The average Bonchev–Trinajstić information content (AvgIpc) is 3.32. The Morgan fingerprint density at radius 3 is 2.76 bits per heavy atom. The van der Waals surface area contributed by atoms with E-state index >= 15 is 0 Å². The SMILES string of the molecule is O=C1c2cccc([N+](=O)[O-])c2C(=O)N1Cc1nc(-c2cccs2)no1. The molecule has 1 aromatic carbocycles. The summed E-state index contributed by atoms with van der Waals surface area (Å²) in [7, 11) is 0. The maximum absolute atomic E-state index is 12.5. The summed E-state index contributed by atoms with van der Waals surface area (Å²) in [5, 5.41) is 16.8. The summed E-state index contributed by atoms with van der Waals surface area (Å²) in [4.78, 5) is 41.1. The lowest BCUT2D eigenvalue weighted by Crippen LogP contribution is -2.29. The number of carbonyl (C=O) groups excluding carboxylic acids is 2. The van der Waals surface area contributed by atoms with E-state index in [0.29, 0.717) is 5.82 Å². The molecule has 3 heterocycles. The van der Waals surface area contributed by atoms with E-state index in [1.165, 1.54) is 29.5 Å². The van der Waals surface area contributed by atoms with Crippen LogP contribution < -0.4 is 0 Å². The summed E-state index contributed by atoms with van der Waals surface area (Å²) in [5.74, 6) is -0.948. The molecule has 0 radical (unpaired) electrons. The largest absolute Gasteiger partial charge is 0.337 e. The van der Waals surface area contributed by atoms with Gasteiger partial charge in [-0.25, -0.2) is 0 Å². The van der Waals surface area contributed by atoms with Gasteiger partial charge in [-0.1, -0.05) is 17.3 Å². The van der Waals surface area contributed by atoms with Crippen molar-refractivity contribution in [1.29, 1.82) is 0 Å². The van der Waals surface area contributed by atoms with Gasteiger partial charge in [0, 0.05) is 6.07 Å². The highest BCUT2D eigenvalue weighted by molar-refractivity contribution is 7.13. The van der Waals surface area contributed by atoms with E-state index < -0.39 is 22.4 Å². The molecule has 3 aromatic rings. The molecule has 1 aliphatic heterocycles. The maximum atomic E-state index is 12.5. The van der Waals surface area contributed by atoms with Crippen molar-refractivity contribution in [2.75, 3.05) is 0 Å². The zero-order valence-electron chi connectivity index (χ0n) is 12.4. The molecule has 0 N–H and O–H groups in total. The number of amides is 2. The number of fused-ring (bicyclic) bond motifs is 1. The highest BCUT2D eigenvalue weighted by Gasteiger charge is 2.41. The number of nitro groups is 1. The molecule has 0 bridgehead atoms. The number of hydrogen-bond donors (Lipinski definition) is 0. The van der Waals surface area contributed by atoms with Crippen molar-refractivity contribution in [3.63, 3.8) is 0 Å². The quantitative estimate of drug-likeness (QED) is 0.400. The van der Waals surface area contributed by atoms with Crippen LogP contribution >= 0.6 is 11.3 Å². The van der Waals surface area contributed by atoms with Gasteiger partial charge in [0.15, 0.2) is 0 Å². The minimum atomic E-state index is -0.747. The molecular formula is C15H8N4O5S. The standard InChI is InChI=1S/C15H8N4O5S/c20-14-8-3-1-4-9(19(22)23)12(8)15(21)18(14)7-11-16-13(17-24-11)10-5-2-6-25-10/h1-6H,7H2. The summed E-state index contributed by atoms with van der Waals surface area (Å²) >= 11 is 1.42. The molecule has 1 aliphatic rings. The topological polar surface area (TPSA) is 119 Å². The Labute approximate surface area is 143 Å². The predicted octanol–water partition coefficient (Wildman–Crippen LogP) is 2.50. The second kappa shape index (κ2) is 5.60. The van der Waals surface area contributed by atoms with Gasteiger partial charge >= 0.3 is 0 Å². The number of hydrogen-bond acceptors (Lipinski definition) is 8. The molecule has 2 aromatic heterocycles. The van der Waals surface area contributed by atoms with Crippen molar-refractivity contribution >= 4 is 28.8 Å². The Hall–Kier alpha value is -3.40. The molecule has 2 amide bonds. The van der Waals surface area contributed by atoms with Gasteiger partial charge in [0.1, 0.15) is 12.1 Å². The second-order valence-electron chi connectivity index (χ2n) is 5.14. The molecule has 0 saturated carbocycles. The molecular weight excluding hydrogens is 348 g/mol. The first-order valence-electron chi connectivity index (χ1n) is 7.06. The zero-order valence-corrected chi connectivity index (χ0v) is 13.2. The first-order chi connectivity index (χ1) is 12.1. The molecule has 4 rings (SSSR count). The van der Waals surface area contributed by atoms with E-state index in [1.54, 1.807) is 0 Å². The fourth-order valence-electron chi connectivity index (χ4n) is 2.57. The van der Waals surface area contributed by atoms with Crippen LogP contribution in [0.25, 0.3) is 10.7 Å². The average molecular weight is 356 g/mol. The molecule has 124 valence electrons. The van der Waals surface area contributed by atoms with Crippen LogP contribution in [0.4, 0.5) is 5.69 Å². The third-order valence-corrected chi connectivity index (χ3v) is 4.54. The van der Waals surface area contributed by atoms with E-state index in [4.69, 9.17) is 4.52 Å². The molecule has 0 spiro atoms. The summed E-state index contributed by atoms with van der Waals surface area (Å²) in [6, 6.07) is 7.58. The lowest BCUT2D eigenvalue weighted by Gasteiger charge is -2.09. The van der Waals surface area contributed by atoms with Crippen LogP contribution in [-0.2, 0) is 6.54 Å². The predicted molar refractivity (Wildman–Crippen MR) is 84.9 cm³/mol. The minimum absolute atomic E-state index is 0.00260. The van der Waals surface area contributed by atoms with Gasteiger partial charge in [-0.2, -0.15) is 4.98 Å². The highest BCUT2D eigenvalue weighted by Crippen LogP contribution is 2.31. The molecule has 0 fully saturated rings. The van der Waals surface area contributed by atoms with Crippen LogP contribution in [0.2, 0.25) is 0 Å². The van der Waals surface area contributed by atoms with Gasteiger partial charge in [-0.15, -0.1) is 11.3 Å². The Kier molecular flexibility index (Phi) is 3.39. The van der Waals surface area contributed by atoms with Crippen molar-refractivity contribution in [3.8, 4) is 10.7 Å². The third-order valence-electron chi connectivity index (χ3n) is 3.68. The van der Waals surface area contributed by atoms with Crippen molar-refractivity contribution in [2.24, 2.45) is 0 Å². The summed E-state index contributed by atoms with van der Waals surface area (Å²) in [5.41, 5.74) is -0.615. The highest BCUT2D eigenvalue weighted by atomic mass is 32.1. The zero-order chi connectivity index (χ0) is 17.6. The van der Waals surface area contributed by atoms with Gasteiger partial charge in [0.2, 0.25) is 11.7 Å². The van der Waals surface area contributed by atoms with Crippen LogP contribution in [0.3, 0.4) is 0 Å². The molecule has 0 aliphatic carbocycles. The van der Waals surface area contributed by atoms with Crippen LogP contribution in [0.1, 0.15) is 26.6 Å². The number of nitrogens with zero attached hydrogens (tertiary/aromatic N) is 4. The first-order valence-corrected chi connectivity index (χ1v) is 7.94. The third kappa shape index (κ3) is 2.39. The molecule has 25 heavy (non-hydrogen) atoms. The van der Waals surface area contributed by atoms with E-state index in [0.717, 1.165) is 9.78 Å². The van der Waals surface area contributed by atoms with Crippen molar-refractivity contribution < 1.29 is 19.0 Å². The molecule has 9 nitrogen and oxygen atoms in total. The summed E-state index contributed by atoms with van der Waals surface area (Å²) in [6.45, 7) is -0.248. The Bertz CT molecular complexity index is 1010. The lowest BCUT2D eigenvalue weighted by molar-refractivity contribution is -0.385. The Balaban J connectivity index is 1.65. The number of nitro benzene ring substituents is 1. The van der Waals surface area contributed by atoms with E-state index in [1.807, 2.05) is 17.5 Å². The van der Waals surface area contributed by atoms with Crippen LogP contribution in [0.15, 0.2) is 40.2 Å². The molecule has 0 unspecified atom stereocenters. The Morgan fingerprint density at radius 1 is 1.20 bits per heavy atom. The van der Waals surface area contributed by atoms with Crippen LogP contribution in [0.5, 0.6) is 0 Å². The fraction of sp³-hybridized carbons (Fsp3) is 0.0667. The molecule has 0 atom stereocenters. The monoisotopic (exact) mass is 356 g/mol. The lowest BCUT2D eigenvalue weighted by atomic mass is 10.1. The first kappa shape index (κ1) is 15.1. The van der Waals surface area contributed by atoms with Gasteiger partial charge in [-0.3, -0.25) is 24.6 Å². The summed E-state index contributed by atoms with van der Waals surface area (Å²) in [6.07, 6.45) is 0. The number of thiophene rings is 1. The second-order valence-corrected chi connectivity index (χ2v) is 6.09. The van der Waals surface area contributed by atoms with Gasteiger partial charge in [0.25, 0.3) is 17.5 Å². The minimum Gasteiger partial charge on any atom is -0.337 e. The Morgan fingerprint density at radius 2 is 2.04 bits per heavy atom. The van der Waals surface area contributed by atoms with Gasteiger partial charge in [0.05, 0.1) is 15.4 Å². The number of aromatic nitrogens is 2. The van der Waals surface area contributed by atoms with E-state index in [2.05, 4.69) is 10.1 Å². The number of rotatable bonds is 4. The normalized spacial score (nSPS) is 13.4. The van der Waals surface area contributed by atoms with E-state index in [9.17, 15) is 19.7 Å². The number of benzene rings is 1. The van der Waals surface area contributed by atoms with Crippen LogP contribution in [-0.4, -0.2) is 31.8 Å². The maximum Gasteiger partial charge on any atom is 0.282 e. The summed E-state index contributed by atoms with van der Waals surface area (Å²) < 4.78 is 5.09. The van der Waals surface area contributed by atoms with Gasteiger partial charge < -0.3 is 4.52 Å². The molecule has 10 heteroatoms. The van der Waals surface area contributed by atoms with Crippen LogP contribution in [0, 0.1) is 10.1 Å². The number of carbonyl (C=O) groups is 2. The van der Waals surface area contributed by atoms with E-state index in [-0.39, 0.29) is 23.6 Å². The van der Waals surface area contributed by atoms with Gasteiger partial charge in [-0.05, 0) is 17.5 Å². The number of imide groups is 1. The van der Waals surface area contributed by atoms with Crippen molar-refractivity contribution in [1.82, 2.24) is 15.0 Å². The van der Waals surface area contributed by atoms with Crippen molar-refractivity contribution in [3.05, 3.63) is 62.8 Å². The molecule has 0 saturated heterocycles. The fourth-order valence-corrected chi connectivity index (χ4v) is 3.22.